The number of nitrogen functional groups attached to an aromatic ring is 1. The van der Waals surface area contributed by atoms with Gasteiger partial charge in [-0.15, -0.1) is 11.8 Å². The fourth-order valence-corrected chi connectivity index (χ4v) is 4.71. The Bertz CT molecular complexity index is 1450. The molecule has 0 saturated carbocycles. The van der Waals surface area contributed by atoms with E-state index in [2.05, 4.69) is 5.10 Å². The number of aromatic nitrogens is 3. The summed E-state index contributed by atoms with van der Waals surface area (Å²) in [5, 5.41) is 12.4. The summed E-state index contributed by atoms with van der Waals surface area (Å²) in [6.07, 6.45) is 1.78. The van der Waals surface area contributed by atoms with Crippen LogP contribution in [0.25, 0.3) is 11.4 Å². The van der Waals surface area contributed by atoms with Gasteiger partial charge in [0.2, 0.25) is 0 Å². The van der Waals surface area contributed by atoms with Gasteiger partial charge in [-0.05, 0) is 63.4 Å². The Hall–Kier alpha value is -4.05. The molecule has 0 saturated heterocycles. The molecule has 39 heavy (non-hydrogen) atoms. The number of nitrogens with zero attached hydrogens (tertiary/aromatic N) is 4. The molecule has 0 aliphatic rings. The summed E-state index contributed by atoms with van der Waals surface area (Å²) in [5.41, 5.74) is 8.12. The zero-order chi connectivity index (χ0) is 28.1. The van der Waals surface area contributed by atoms with Crippen LogP contribution in [0.3, 0.4) is 0 Å². The van der Waals surface area contributed by atoms with Crippen molar-refractivity contribution in [2.24, 2.45) is 12.8 Å². The Morgan fingerprint density at radius 3 is 2.51 bits per heavy atom. The predicted molar refractivity (Wildman–Crippen MR) is 155 cm³/mol. The monoisotopic (exact) mass is 548 g/mol. The molecule has 0 bridgehead atoms. The number of amidine groups is 1. The van der Waals surface area contributed by atoms with Crippen molar-refractivity contribution in [2.45, 2.75) is 38.3 Å². The first-order valence-electron chi connectivity index (χ1n) is 12.6. The highest BCUT2D eigenvalue weighted by Crippen LogP contribution is 2.38. The molecule has 204 valence electrons. The highest BCUT2D eigenvalue weighted by Gasteiger charge is 2.23. The topological polar surface area (TPSA) is 102 Å². The minimum absolute atomic E-state index is 0.0457. The second kappa shape index (κ2) is 12.2. The van der Waals surface area contributed by atoms with Gasteiger partial charge in [0.25, 0.3) is 0 Å². The summed E-state index contributed by atoms with van der Waals surface area (Å²) >= 11 is 1.63. The fraction of sp³-hybridized carbons (Fsp3) is 0.276. The highest BCUT2D eigenvalue weighted by atomic mass is 32.2. The van der Waals surface area contributed by atoms with E-state index in [9.17, 15) is 0 Å². The van der Waals surface area contributed by atoms with Gasteiger partial charge in [0.15, 0.2) is 17.4 Å². The van der Waals surface area contributed by atoms with Gasteiger partial charge in [0, 0.05) is 40.9 Å². The minimum Gasteiger partial charge on any atom is -0.494 e. The molecule has 3 N–H and O–H groups in total. The van der Waals surface area contributed by atoms with Gasteiger partial charge in [-0.1, -0.05) is 12.1 Å². The Morgan fingerprint density at radius 2 is 1.87 bits per heavy atom. The van der Waals surface area contributed by atoms with Crippen LogP contribution in [-0.4, -0.2) is 39.6 Å². The Morgan fingerprint density at radius 1 is 1.15 bits per heavy atom. The molecule has 4 rings (SSSR count). The molecule has 0 aliphatic carbocycles. The van der Waals surface area contributed by atoms with Gasteiger partial charge in [-0.25, -0.2) is 9.37 Å². The Kier molecular flexibility index (Phi) is 8.75. The van der Waals surface area contributed by atoms with E-state index in [4.69, 9.17) is 25.6 Å². The molecule has 0 atom stereocenters. The van der Waals surface area contributed by atoms with Crippen LogP contribution in [0.2, 0.25) is 0 Å². The number of aryl methyl sites for hydroxylation is 1. The third-order valence-electron chi connectivity index (χ3n) is 5.95. The van der Waals surface area contributed by atoms with Gasteiger partial charge in [-0.3, -0.25) is 10.1 Å². The number of hydrogen-bond acceptors (Lipinski definition) is 7. The van der Waals surface area contributed by atoms with Crippen LogP contribution in [0.1, 0.15) is 32.2 Å². The van der Waals surface area contributed by atoms with Crippen LogP contribution in [0, 0.1) is 11.2 Å². The molecule has 0 radical (unpaired) electrons. The van der Waals surface area contributed by atoms with Crippen molar-refractivity contribution in [2.75, 3.05) is 17.8 Å². The quantitative estimate of drug-likeness (QED) is 0.132. The summed E-state index contributed by atoms with van der Waals surface area (Å²) < 4.78 is 29.3. The van der Waals surface area contributed by atoms with Crippen LogP contribution < -0.4 is 20.1 Å². The van der Waals surface area contributed by atoms with E-state index in [1.807, 2.05) is 58.3 Å². The first kappa shape index (κ1) is 28.0. The highest BCUT2D eigenvalue weighted by molar-refractivity contribution is 7.98. The second-order valence-electron chi connectivity index (χ2n) is 9.08. The van der Waals surface area contributed by atoms with E-state index in [1.165, 1.54) is 0 Å². The molecule has 0 spiro atoms. The molecule has 10 heteroatoms. The van der Waals surface area contributed by atoms with E-state index < -0.39 is 5.82 Å². The zero-order valence-corrected chi connectivity index (χ0v) is 23.6. The zero-order valence-electron chi connectivity index (χ0n) is 22.7. The minimum atomic E-state index is -0.516. The number of nitrogens with two attached hydrogens (primary N) is 1. The lowest BCUT2D eigenvalue weighted by Crippen LogP contribution is -2.21. The summed E-state index contributed by atoms with van der Waals surface area (Å²) in [5.74, 6) is 1.25. The van der Waals surface area contributed by atoms with Crippen molar-refractivity contribution in [3.8, 4) is 22.9 Å². The maximum atomic E-state index is 16.0. The van der Waals surface area contributed by atoms with Crippen LogP contribution in [-0.2, 0) is 13.6 Å². The van der Waals surface area contributed by atoms with Crippen molar-refractivity contribution in [3.05, 3.63) is 77.9 Å². The Balaban J connectivity index is 1.84. The molecule has 3 aromatic carbocycles. The summed E-state index contributed by atoms with van der Waals surface area (Å²) in [6, 6.07) is 18.3. The number of halogens is 1. The SMILES string of the molecule is CCOc1cc(OC(C)C)c(F)c(N(Cc2nc(-c3ccccc3SC)nn2C)c2ccc(C(=N)N)cc2)c1. The molecule has 0 amide bonds. The molecule has 0 fully saturated rings. The molecule has 4 aromatic rings. The van der Waals surface area contributed by atoms with Crippen LogP contribution in [0.5, 0.6) is 11.5 Å². The molecular weight excluding hydrogens is 515 g/mol. The van der Waals surface area contributed by atoms with E-state index in [-0.39, 0.29) is 29.9 Å². The number of benzene rings is 3. The maximum Gasteiger partial charge on any atom is 0.188 e. The van der Waals surface area contributed by atoms with Crippen molar-refractivity contribution in [1.29, 1.82) is 5.41 Å². The van der Waals surface area contributed by atoms with Crippen molar-refractivity contribution < 1.29 is 13.9 Å². The molecule has 0 unspecified atom stereocenters. The average Bonchev–Trinajstić information content (AvgIpc) is 3.28. The standard InChI is InChI=1S/C29H33FN6O2S/c1-6-37-21-15-23(27(30)24(16-21)38-18(2)3)36(20-13-11-19(12-14-20)28(31)32)17-26-33-29(34-35(26)4)22-9-7-8-10-25(22)39-5/h7-16,18H,6,17H2,1-5H3,(H3,31,32). The predicted octanol–water partition coefficient (Wildman–Crippen LogP) is 6.15. The fourth-order valence-electron chi connectivity index (χ4n) is 4.12. The van der Waals surface area contributed by atoms with Crippen LogP contribution in [0.4, 0.5) is 15.8 Å². The molecule has 1 aromatic heterocycles. The number of nitrogens with one attached hydrogen (secondary N) is 1. The van der Waals surface area contributed by atoms with Gasteiger partial charge in [-0.2, -0.15) is 5.10 Å². The van der Waals surface area contributed by atoms with E-state index >= 15 is 4.39 Å². The third kappa shape index (κ3) is 6.34. The van der Waals surface area contributed by atoms with Crippen LogP contribution >= 0.6 is 11.8 Å². The lowest BCUT2D eigenvalue weighted by Gasteiger charge is -2.27. The first-order chi connectivity index (χ1) is 18.7. The number of rotatable bonds is 11. The second-order valence-corrected chi connectivity index (χ2v) is 9.92. The van der Waals surface area contributed by atoms with Gasteiger partial charge in [0.05, 0.1) is 24.9 Å². The molecular formula is C29H33FN6O2S. The smallest absolute Gasteiger partial charge is 0.188 e. The number of ether oxygens (including phenoxy) is 2. The van der Waals surface area contributed by atoms with Crippen molar-refractivity contribution in [3.63, 3.8) is 0 Å². The van der Waals surface area contributed by atoms with Gasteiger partial charge in [0.1, 0.15) is 17.4 Å². The third-order valence-corrected chi connectivity index (χ3v) is 6.74. The summed E-state index contributed by atoms with van der Waals surface area (Å²) in [4.78, 5) is 7.70. The molecule has 1 heterocycles. The summed E-state index contributed by atoms with van der Waals surface area (Å²) in [7, 11) is 1.82. The van der Waals surface area contributed by atoms with E-state index in [0.717, 1.165) is 10.5 Å². The molecule has 8 nitrogen and oxygen atoms in total. The first-order valence-corrected chi connectivity index (χ1v) is 13.8. The maximum absolute atomic E-state index is 16.0. The molecule has 0 aliphatic heterocycles. The van der Waals surface area contributed by atoms with Crippen molar-refractivity contribution >= 4 is 29.0 Å². The number of thioether (sulfide) groups is 1. The largest absolute Gasteiger partial charge is 0.494 e. The lowest BCUT2D eigenvalue weighted by molar-refractivity contribution is 0.229. The van der Waals surface area contributed by atoms with Crippen molar-refractivity contribution in [1.82, 2.24) is 14.8 Å². The summed E-state index contributed by atoms with van der Waals surface area (Å²) in [6.45, 7) is 6.19. The average molecular weight is 549 g/mol. The number of hydrogen-bond donors (Lipinski definition) is 2. The number of anilines is 2. The normalized spacial score (nSPS) is 11.1. The lowest BCUT2D eigenvalue weighted by atomic mass is 10.1. The van der Waals surface area contributed by atoms with Crippen LogP contribution in [0.15, 0.2) is 65.6 Å². The van der Waals surface area contributed by atoms with E-state index in [1.54, 1.807) is 57.7 Å². The Labute approximate surface area is 232 Å². The van der Waals surface area contributed by atoms with E-state index in [0.29, 0.717) is 35.3 Å². The van der Waals surface area contributed by atoms with Gasteiger partial charge < -0.3 is 20.1 Å². The van der Waals surface area contributed by atoms with Gasteiger partial charge >= 0.3 is 0 Å².